The van der Waals surface area contributed by atoms with Gasteiger partial charge in [-0.25, -0.2) is 0 Å². The SMILES string of the molecule is C=C(N(C)C)N1CCN(C(C)C)C[C@H]1C. The van der Waals surface area contributed by atoms with Crippen LogP contribution in [0.1, 0.15) is 20.8 Å². The molecule has 0 unspecified atom stereocenters. The van der Waals surface area contributed by atoms with Crippen LogP contribution in [0.25, 0.3) is 0 Å². The molecule has 0 aromatic heterocycles. The quantitative estimate of drug-likeness (QED) is 0.699. The fraction of sp³-hybridized carbons (Fsp3) is 0.833. The minimum absolute atomic E-state index is 0.566. The lowest BCUT2D eigenvalue weighted by atomic mass is 10.1. The highest BCUT2D eigenvalue weighted by Gasteiger charge is 2.26. The summed E-state index contributed by atoms with van der Waals surface area (Å²) in [6, 6.07) is 1.22. The molecule has 0 aliphatic carbocycles. The zero-order valence-corrected chi connectivity index (χ0v) is 10.8. The van der Waals surface area contributed by atoms with Crippen LogP contribution >= 0.6 is 0 Å². The van der Waals surface area contributed by atoms with Gasteiger partial charge in [-0.2, -0.15) is 0 Å². The Morgan fingerprint density at radius 1 is 1.33 bits per heavy atom. The third-order valence-electron chi connectivity index (χ3n) is 3.24. The Bertz CT molecular complexity index is 223. The Kier molecular flexibility index (Phi) is 4.03. The largest absolute Gasteiger partial charge is 0.365 e. The molecule has 3 heteroatoms. The third kappa shape index (κ3) is 2.88. The van der Waals surface area contributed by atoms with Crippen LogP contribution in [0, 0.1) is 0 Å². The number of rotatable bonds is 3. The first kappa shape index (κ1) is 12.4. The van der Waals surface area contributed by atoms with Gasteiger partial charge < -0.3 is 9.80 Å². The maximum absolute atomic E-state index is 4.13. The fourth-order valence-electron chi connectivity index (χ4n) is 2.10. The van der Waals surface area contributed by atoms with Crippen LogP contribution in [0.15, 0.2) is 12.4 Å². The highest BCUT2D eigenvalue weighted by molar-refractivity contribution is 4.97. The van der Waals surface area contributed by atoms with E-state index in [0.29, 0.717) is 12.1 Å². The molecule has 1 fully saturated rings. The molecule has 0 saturated carbocycles. The van der Waals surface area contributed by atoms with Crippen molar-refractivity contribution in [3.05, 3.63) is 12.4 Å². The molecule has 15 heavy (non-hydrogen) atoms. The van der Waals surface area contributed by atoms with Gasteiger partial charge in [0.05, 0.1) is 5.82 Å². The van der Waals surface area contributed by atoms with Gasteiger partial charge in [0.15, 0.2) is 0 Å². The molecule has 1 atom stereocenters. The summed E-state index contributed by atoms with van der Waals surface area (Å²) in [5.74, 6) is 1.13. The van der Waals surface area contributed by atoms with E-state index in [-0.39, 0.29) is 0 Å². The summed E-state index contributed by atoms with van der Waals surface area (Å²) in [6.07, 6.45) is 0. The summed E-state index contributed by atoms with van der Waals surface area (Å²) < 4.78 is 0. The number of hydrogen-bond acceptors (Lipinski definition) is 3. The van der Waals surface area contributed by atoms with Crippen molar-refractivity contribution in [3.63, 3.8) is 0 Å². The minimum atomic E-state index is 0.566. The van der Waals surface area contributed by atoms with Crippen molar-refractivity contribution in [2.75, 3.05) is 33.7 Å². The highest BCUT2D eigenvalue weighted by atomic mass is 15.4. The Hall–Kier alpha value is -0.700. The normalized spacial score (nSPS) is 23.3. The van der Waals surface area contributed by atoms with Crippen LogP contribution < -0.4 is 0 Å². The number of hydrogen-bond donors (Lipinski definition) is 0. The van der Waals surface area contributed by atoms with Crippen molar-refractivity contribution in [2.24, 2.45) is 0 Å². The maximum Gasteiger partial charge on any atom is 0.0963 e. The molecular weight excluding hydrogens is 186 g/mol. The predicted molar refractivity (Wildman–Crippen MR) is 65.7 cm³/mol. The molecule has 0 spiro atoms. The van der Waals surface area contributed by atoms with Crippen molar-refractivity contribution >= 4 is 0 Å². The lowest BCUT2D eigenvalue weighted by Crippen LogP contribution is -2.54. The zero-order chi connectivity index (χ0) is 11.6. The van der Waals surface area contributed by atoms with Crippen molar-refractivity contribution in [2.45, 2.75) is 32.9 Å². The Labute approximate surface area is 94.3 Å². The molecule has 1 aliphatic heterocycles. The van der Waals surface area contributed by atoms with Gasteiger partial charge in [-0.05, 0) is 20.8 Å². The molecule has 0 amide bonds. The predicted octanol–water partition coefficient (Wildman–Crippen LogP) is 1.43. The third-order valence-corrected chi connectivity index (χ3v) is 3.24. The lowest BCUT2D eigenvalue weighted by molar-refractivity contribution is 0.0708. The maximum atomic E-state index is 4.13. The van der Waals surface area contributed by atoms with Gasteiger partial charge in [-0.1, -0.05) is 6.58 Å². The van der Waals surface area contributed by atoms with Crippen molar-refractivity contribution < 1.29 is 0 Å². The standard InChI is InChI=1S/C12H25N3/c1-10(2)14-7-8-15(11(3)9-14)12(4)13(5)6/h10-11H,4,7-9H2,1-3,5-6H3/t11-/m1/s1. The van der Waals surface area contributed by atoms with E-state index in [1.54, 1.807) is 0 Å². The van der Waals surface area contributed by atoms with Crippen molar-refractivity contribution in [1.82, 2.24) is 14.7 Å². The molecule has 3 nitrogen and oxygen atoms in total. The smallest absolute Gasteiger partial charge is 0.0963 e. The second-order valence-corrected chi connectivity index (χ2v) is 4.94. The average Bonchev–Trinajstić information content (AvgIpc) is 2.16. The summed E-state index contributed by atoms with van der Waals surface area (Å²) in [5.41, 5.74) is 0. The zero-order valence-electron chi connectivity index (χ0n) is 10.8. The van der Waals surface area contributed by atoms with E-state index >= 15 is 0 Å². The van der Waals surface area contributed by atoms with Gasteiger partial charge >= 0.3 is 0 Å². The topological polar surface area (TPSA) is 9.72 Å². The Morgan fingerprint density at radius 3 is 2.33 bits per heavy atom. The van der Waals surface area contributed by atoms with Crippen LogP contribution in [-0.4, -0.2) is 60.5 Å². The Morgan fingerprint density at radius 2 is 1.93 bits per heavy atom. The molecule has 0 radical (unpaired) electrons. The van der Waals surface area contributed by atoms with Crippen LogP contribution in [0.3, 0.4) is 0 Å². The average molecular weight is 211 g/mol. The van der Waals surface area contributed by atoms with Gasteiger partial charge in [0, 0.05) is 45.8 Å². The first-order chi connectivity index (χ1) is 6.93. The monoisotopic (exact) mass is 211 g/mol. The molecule has 88 valence electrons. The second kappa shape index (κ2) is 4.88. The molecule has 0 N–H and O–H groups in total. The molecular formula is C12H25N3. The van der Waals surface area contributed by atoms with Crippen LogP contribution in [0.2, 0.25) is 0 Å². The van der Waals surface area contributed by atoms with Crippen molar-refractivity contribution in [3.8, 4) is 0 Å². The van der Waals surface area contributed by atoms with Crippen molar-refractivity contribution in [1.29, 1.82) is 0 Å². The second-order valence-electron chi connectivity index (χ2n) is 4.94. The van der Waals surface area contributed by atoms with Gasteiger partial charge in [-0.3, -0.25) is 4.90 Å². The first-order valence-corrected chi connectivity index (χ1v) is 5.80. The van der Waals surface area contributed by atoms with Gasteiger partial charge in [-0.15, -0.1) is 0 Å². The van der Waals surface area contributed by atoms with Gasteiger partial charge in [0.1, 0.15) is 0 Å². The summed E-state index contributed by atoms with van der Waals surface area (Å²) in [5, 5.41) is 0. The summed E-state index contributed by atoms with van der Waals surface area (Å²) in [7, 11) is 4.12. The highest BCUT2D eigenvalue weighted by Crippen LogP contribution is 2.17. The van der Waals surface area contributed by atoms with E-state index < -0.39 is 0 Å². The van der Waals surface area contributed by atoms with Crippen LogP contribution in [-0.2, 0) is 0 Å². The summed E-state index contributed by atoms with van der Waals surface area (Å²) in [6.45, 7) is 14.3. The van der Waals surface area contributed by atoms with Gasteiger partial charge in [0.25, 0.3) is 0 Å². The lowest BCUT2D eigenvalue weighted by Gasteiger charge is -2.44. The molecule has 1 saturated heterocycles. The first-order valence-electron chi connectivity index (χ1n) is 5.80. The van der Waals surface area contributed by atoms with E-state index in [9.17, 15) is 0 Å². The fourth-order valence-corrected chi connectivity index (χ4v) is 2.10. The van der Waals surface area contributed by atoms with Crippen LogP contribution in [0.5, 0.6) is 0 Å². The van der Waals surface area contributed by atoms with E-state index in [2.05, 4.69) is 56.1 Å². The van der Waals surface area contributed by atoms with E-state index in [1.807, 2.05) is 0 Å². The summed E-state index contributed by atoms with van der Waals surface area (Å²) in [4.78, 5) is 7.03. The minimum Gasteiger partial charge on any atom is -0.365 e. The molecule has 0 aromatic rings. The molecule has 1 rings (SSSR count). The molecule has 0 bridgehead atoms. The molecule has 1 aliphatic rings. The number of piperazine rings is 1. The summed E-state index contributed by atoms with van der Waals surface area (Å²) >= 11 is 0. The van der Waals surface area contributed by atoms with E-state index in [4.69, 9.17) is 0 Å². The molecule has 1 heterocycles. The van der Waals surface area contributed by atoms with Gasteiger partial charge in [0.2, 0.25) is 0 Å². The van der Waals surface area contributed by atoms with Crippen LogP contribution in [0.4, 0.5) is 0 Å². The molecule has 0 aromatic carbocycles. The Balaban J connectivity index is 2.56. The van der Waals surface area contributed by atoms with E-state index in [0.717, 1.165) is 25.5 Å². The van der Waals surface area contributed by atoms with E-state index in [1.165, 1.54) is 0 Å². The number of nitrogens with zero attached hydrogens (tertiary/aromatic N) is 3.